The van der Waals surface area contributed by atoms with Gasteiger partial charge < -0.3 is 4.90 Å². The summed E-state index contributed by atoms with van der Waals surface area (Å²) < 4.78 is 2.65. The second kappa shape index (κ2) is 12.4. The van der Waals surface area contributed by atoms with Crippen LogP contribution in [0.2, 0.25) is 0 Å². The van der Waals surface area contributed by atoms with Gasteiger partial charge >= 0.3 is 0 Å². The zero-order valence-electron chi connectivity index (χ0n) is 32.3. The van der Waals surface area contributed by atoms with Crippen molar-refractivity contribution < 1.29 is 0 Å². The largest absolute Gasteiger partial charge is 0.310 e. The van der Waals surface area contributed by atoms with Crippen LogP contribution in [0.3, 0.4) is 0 Å². The number of aryl methyl sites for hydroxylation is 1. The number of hydrogen-bond donors (Lipinski definition) is 0. The summed E-state index contributed by atoms with van der Waals surface area (Å²) in [5, 5.41) is 20.7. The number of rotatable bonds is 4. The molecule has 0 saturated heterocycles. The third kappa shape index (κ3) is 4.84. The fourth-order valence-corrected chi connectivity index (χ4v) is 11.1. The molecule has 59 heavy (non-hydrogen) atoms. The van der Waals surface area contributed by atoms with Crippen molar-refractivity contribution in [2.24, 2.45) is 0 Å². The second-order valence-corrected chi connectivity index (χ2v) is 17.2. The average Bonchev–Trinajstić information content (AvgIpc) is 3.65. The van der Waals surface area contributed by atoms with E-state index in [-0.39, 0.29) is 0 Å². The second-order valence-electron chi connectivity index (χ2n) is 16.1. The molecule has 1 nitrogen and oxygen atoms in total. The van der Waals surface area contributed by atoms with Crippen LogP contribution in [0.25, 0.3) is 107 Å². The molecule has 12 aromatic carbocycles. The van der Waals surface area contributed by atoms with Crippen LogP contribution >= 0.6 is 11.3 Å². The molecule has 1 aromatic heterocycles. The summed E-state index contributed by atoms with van der Waals surface area (Å²) >= 11 is 1.90. The van der Waals surface area contributed by atoms with Crippen LogP contribution in [0.15, 0.2) is 194 Å². The highest BCUT2D eigenvalue weighted by atomic mass is 32.1. The van der Waals surface area contributed by atoms with Crippen LogP contribution in [0, 0.1) is 6.92 Å². The Kier molecular flexibility index (Phi) is 6.87. The van der Waals surface area contributed by atoms with Gasteiger partial charge in [-0.2, -0.15) is 0 Å². The molecule has 0 fully saturated rings. The Labute approximate surface area is 344 Å². The van der Waals surface area contributed by atoms with Gasteiger partial charge in [-0.05, 0) is 143 Å². The van der Waals surface area contributed by atoms with Gasteiger partial charge in [0.2, 0.25) is 0 Å². The molecular weight excluding hydrogens is 731 g/mol. The SMILES string of the molecule is Cc1ccc(N(c2ccc3ccccc3c2)c2ccc3ccc4c(-c5ccc6sc7cc8c9ccccc9c9ccccc9c8cc7c6c5)ccc5ccc2c3c54)cc1. The van der Waals surface area contributed by atoms with Crippen LogP contribution < -0.4 is 4.90 Å². The summed E-state index contributed by atoms with van der Waals surface area (Å²) in [6.45, 7) is 2.15. The van der Waals surface area contributed by atoms with Gasteiger partial charge in [-0.15, -0.1) is 11.3 Å². The summed E-state index contributed by atoms with van der Waals surface area (Å²) in [5.74, 6) is 0. The van der Waals surface area contributed by atoms with Crippen molar-refractivity contribution in [3.8, 4) is 11.1 Å². The Hall–Kier alpha value is -7.26. The standard InChI is InChI=1S/C57H35NS/c1-34-14-22-40(23-15-34)58(41-24-16-35-8-2-3-9-38(35)30-41)53-28-20-37-18-26-47-42(25-17-36-19-27-48(53)57(37)56(36)47)39-21-29-54-51(31-39)52-32-49-45-12-6-4-10-43(45)44-11-5-7-13-46(44)50(49)33-55(52)59-54/h2-33H,1H3. The lowest BCUT2D eigenvalue weighted by molar-refractivity contribution is 1.29. The average molecular weight is 766 g/mol. The fraction of sp³-hybridized carbons (Fsp3) is 0.0175. The predicted octanol–water partition coefficient (Wildman–Crippen LogP) is 17.0. The lowest BCUT2D eigenvalue weighted by Crippen LogP contribution is -2.10. The Morgan fingerprint density at radius 2 is 0.915 bits per heavy atom. The van der Waals surface area contributed by atoms with Crippen molar-refractivity contribution in [3.05, 3.63) is 200 Å². The minimum atomic E-state index is 1.15. The molecule has 0 N–H and O–H groups in total. The minimum absolute atomic E-state index is 1.15. The van der Waals surface area contributed by atoms with Gasteiger partial charge in [0.25, 0.3) is 0 Å². The maximum absolute atomic E-state index is 2.46. The number of nitrogens with zero attached hydrogens (tertiary/aromatic N) is 1. The van der Waals surface area contributed by atoms with E-state index in [1.807, 2.05) is 11.3 Å². The Morgan fingerprint density at radius 1 is 0.339 bits per heavy atom. The van der Waals surface area contributed by atoms with E-state index < -0.39 is 0 Å². The smallest absolute Gasteiger partial charge is 0.0540 e. The molecule has 0 aliphatic rings. The van der Waals surface area contributed by atoms with Crippen LogP contribution in [0.1, 0.15) is 5.56 Å². The van der Waals surface area contributed by atoms with Crippen molar-refractivity contribution in [1.29, 1.82) is 0 Å². The Morgan fingerprint density at radius 3 is 1.68 bits per heavy atom. The molecule has 274 valence electrons. The number of hydrogen-bond acceptors (Lipinski definition) is 2. The summed E-state index contributed by atoms with van der Waals surface area (Å²) in [5.41, 5.74) is 7.23. The van der Waals surface area contributed by atoms with E-state index >= 15 is 0 Å². The molecule has 0 bridgehead atoms. The summed E-state index contributed by atoms with van der Waals surface area (Å²) in [7, 11) is 0. The van der Waals surface area contributed by atoms with E-state index in [1.54, 1.807) is 0 Å². The summed E-state index contributed by atoms with van der Waals surface area (Å²) in [6, 6.07) is 72.8. The normalized spacial score (nSPS) is 12.2. The molecule has 0 amide bonds. The first kappa shape index (κ1) is 32.8. The highest BCUT2D eigenvalue weighted by Crippen LogP contribution is 2.47. The molecular formula is C57H35NS. The first-order valence-electron chi connectivity index (χ1n) is 20.4. The van der Waals surface area contributed by atoms with Crippen LogP contribution in [-0.2, 0) is 0 Å². The zero-order chi connectivity index (χ0) is 38.8. The number of thiophene rings is 1. The van der Waals surface area contributed by atoms with E-state index in [4.69, 9.17) is 0 Å². The first-order valence-corrected chi connectivity index (χ1v) is 21.2. The fourth-order valence-electron chi connectivity index (χ4n) is 10.0. The highest BCUT2D eigenvalue weighted by Gasteiger charge is 2.20. The number of benzene rings is 12. The van der Waals surface area contributed by atoms with Crippen molar-refractivity contribution in [2.45, 2.75) is 6.92 Å². The topological polar surface area (TPSA) is 3.24 Å². The molecule has 0 saturated carbocycles. The van der Waals surface area contributed by atoms with Crippen molar-refractivity contribution >= 4 is 124 Å². The molecule has 0 aliphatic heterocycles. The lowest BCUT2D eigenvalue weighted by Gasteiger charge is -2.28. The van der Waals surface area contributed by atoms with Gasteiger partial charge in [0.05, 0.1) is 5.69 Å². The monoisotopic (exact) mass is 765 g/mol. The first-order chi connectivity index (χ1) is 29.1. The van der Waals surface area contributed by atoms with E-state index in [0.29, 0.717) is 0 Å². The van der Waals surface area contributed by atoms with Gasteiger partial charge in [0.1, 0.15) is 0 Å². The zero-order valence-corrected chi connectivity index (χ0v) is 33.1. The van der Waals surface area contributed by atoms with Crippen LogP contribution in [-0.4, -0.2) is 0 Å². The quantitative estimate of drug-likeness (QED) is 0.161. The number of fused-ring (bicyclic) bond motifs is 10. The Balaban J connectivity index is 1.02. The summed E-state index contributed by atoms with van der Waals surface area (Å²) in [6.07, 6.45) is 0. The molecule has 0 aliphatic carbocycles. The van der Waals surface area contributed by atoms with Crippen LogP contribution in [0.4, 0.5) is 17.1 Å². The van der Waals surface area contributed by atoms with Crippen LogP contribution in [0.5, 0.6) is 0 Å². The highest BCUT2D eigenvalue weighted by molar-refractivity contribution is 7.25. The van der Waals surface area contributed by atoms with Crippen molar-refractivity contribution in [3.63, 3.8) is 0 Å². The van der Waals surface area contributed by atoms with E-state index in [2.05, 4.69) is 206 Å². The molecule has 0 radical (unpaired) electrons. The van der Waals surface area contributed by atoms with Gasteiger partial charge in [0.15, 0.2) is 0 Å². The van der Waals surface area contributed by atoms with E-state index in [0.717, 1.165) is 11.4 Å². The predicted molar refractivity (Wildman–Crippen MR) is 258 cm³/mol. The minimum Gasteiger partial charge on any atom is -0.310 e. The molecule has 0 unspecified atom stereocenters. The number of anilines is 3. The maximum atomic E-state index is 2.46. The molecule has 1 heterocycles. The molecule has 0 atom stereocenters. The summed E-state index contributed by atoms with van der Waals surface area (Å²) in [4.78, 5) is 2.43. The van der Waals surface area contributed by atoms with Gasteiger partial charge in [-0.3, -0.25) is 0 Å². The van der Waals surface area contributed by atoms with Gasteiger partial charge in [-0.25, -0.2) is 0 Å². The maximum Gasteiger partial charge on any atom is 0.0540 e. The lowest BCUT2D eigenvalue weighted by atomic mass is 9.88. The molecule has 0 spiro atoms. The van der Waals surface area contributed by atoms with E-state index in [9.17, 15) is 0 Å². The Bertz CT molecular complexity index is 3850. The third-order valence-electron chi connectivity index (χ3n) is 12.8. The van der Waals surface area contributed by atoms with Crippen molar-refractivity contribution in [2.75, 3.05) is 4.90 Å². The third-order valence-corrected chi connectivity index (χ3v) is 13.9. The molecule has 13 rings (SSSR count). The van der Waals surface area contributed by atoms with Gasteiger partial charge in [0, 0.05) is 36.9 Å². The van der Waals surface area contributed by atoms with Gasteiger partial charge in [-0.1, -0.05) is 145 Å². The molecule has 13 aromatic rings. The van der Waals surface area contributed by atoms with E-state index in [1.165, 1.54) is 118 Å². The van der Waals surface area contributed by atoms with Crippen molar-refractivity contribution in [1.82, 2.24) is 0 Å². The molecule has 2 heteroatoms.